The van der Waals surface area contributed by atoms with Gasteiger partial charge in [-0.05, 0) is 6.07 Å². The van der Waals surface area contributed by atoms with Crippen LogP contribution >= 0.6 is 0 Å². The quantitative estimate of drug-likeness (QED) is 0.675. The molecule has 0 aliphatic rings. The van der Waals surface area contributed by atoms with Gasteiger partial charge in [0, 0.05) is 19.3 Å². The van der Waals surface area contributed by atoms with Crippen molar-refractivity contribution in [1.29, 1.82) is 0 Å². The van der Waals surface area contributed by atoms with Crippen LogP contribution in [0.5, 0.6) is 5.75 Å². The fourth-order valence-electron chi connectivity index (χ4n) is 1.63. The van der Waals surface area contributed by atoms with Crippen LogP contribution in [0.4, 0.5) is 11.4 Å². The first-order valence-corrected chi connectivity index (χ1v) is 5.63. The van der Waals surface area contributed by atoms with E-state index in [0.29, 0.717) is 11.3 Å². The number of nitro groups is 1. The number of ether oxygens (including phenoxy) is 1. The van der Waals surface area contributed by atoms with Crippen molar-refractivity contribution in [3.05, 3.63) is 46.3 Å². The highest BCUT2D eigenvalue weighted by atomic mass is 16.6. The van der Waals surface area contributed by atoms with Gasteiger partial charge in [0.1, 0.15) is 5.75 Å². The minimum atomic E-state index is -0.533. The van der Waals surface area contributed by atoms with Gasteiger partial charge in [-0.1, -0.05) is 0 Å². The third kappa shape index (κ3) is 2.74. The van der Waals surface area contributed by atoms with Crippen LogP contribution in [-0.2, 0) is 7.05 Å². The van der Waals surface area contributed by atoms with Crippen molar-refractivity contribution < 1.29 is 14.5 Å². The number of benzene rings is 1. The molecule has 0 radical (unpaired) electrons. The molecule has 0 atom stereocenters. The number of aromatic nitrogens is 2. The minimum Gasteiger partial charge on any atom is -0.494 e. The van der Waals surface area contributed by atoms with Gasteiger partial charge in [0.2, 0.25) is 0 Å². The fraction of sp³-hybridized carbons (Fsp3) is 0.167. The van der Waals surface area contributed by atoms with Crippen LogP contribution in [0.15, 0.2) is 30.6 Å². The van der Waals surface area contributed by atoms with Gasteiger partial charge >= 0.3 is 0 Å². The van der Waals surface area contributed by atoms with E-state index in [9.17, 15) is 14.9 Å². The molecule has 0 bridgehead atoms. The first-order chi connectivity index (χ1) is 9.51. The van der Waals surface area contributed by atoms with Gasteiger partial charge in [0.05, 0.1) is 35.5 Å². The molecule has 2 rings (SSSR count). The molecule has 1 N–H and O–H groups in total. The SMILES string of the molecule is COc1cc([N+](=O)[O-])ccc1NC(=O)c1cnn(C)c1. The zero-order chi connectivity index (χ0) is 14.7. The highest BCUT2D eigenvalue weighted by molar-refractivity contribution is 6.04. The molecule has 0 saturated carbocycles. The molecule has 1 amide bonds. The lowest BCUT2D eigenvalue weighted by atomic mass is 10.2. The predicted molar refractivity (Wildman–Crippen MR) is 70.8 cm³/mol. The molecule has 2 aromatic rings. The average Bonchev–Trinajstić information content (AvgIpc) is 2.85. The number of anilines is 1. The second-order valence-electron chi connectivity index (χ2n) is 4.00. The van der Waals surface area contributed by atoms with E-state index in [1.165, 1.54) is 36.2 Å². The second-order valence-corrected chi connectivity index (χ2v) is 4.00. The molecule has 8 nitrogen and oxygen atoms in total. The number of aryl methyl sites for hydroxylation is 1. The van der Waals surface area contributed by atoms with Gasteiger partial charge in [0.25, 0.3) is 11.6 Å². The van der Waals surface area contributed by atoms with Gasteiger partial charge in [-0.15, -0.1) is 0 Å². The molecule has 0 aliphatic heterocycles. The van der Waals surface area contributed by atoms with Gasteiger partial charge < -0.3 is 10.1 Å². The minimum absolute atomic E-state index is 0.110. The van der Waals surface area contributed by atoms with E-state index in [-0.39, 0.29) is 17.3 Å². The number of carbonyl (C=O) groups is 1. The molecule has 20 heavy (non-hydrogen) atoms. The van der Waals surface area contributed by atoms with Crippen LogP contribution in [0.2, 0.25) is 0 Å². The largest absolute Gasteiger partial charge is 0.494 e. The highest BCUT2D eigenvalue weighted by Gasteiger charge is 2.14. The van der Waals surface area contributed by atoms with Crippen LogP contribution < -0.4 is 10.1 Å². The first-order valence-electron chi connectivity index (χ1n) is 5.63. The van der Waals surface area contributed by atoms with E-state index < -0.39 is 4.92 Å². The Morgan fingerprint density at radius 3 is 2.80 bits per heavy atom. The summed E-state index contributed by atoms with van der Waals surface area (Å²) >= 11 is 0. The Bertz CT molecular complexity index is 665. The number of nitrogens with one attached hydrogen (secondary N) is 1. The zero-order valence-corrected chi connectivity index (χ0v) is 10.9. The molecule has 0 unspecified atom stereocenters. The van der Waals surface area contributed by atoms with E-state index in [1.54, 1.807) is 13.2 Å². The van der Waals surface area contributed by atoms with Crippen LogP contribution in [0.3, 0.4) is 0 Å². The van der Waals surface area contributed by atoms with Crippen molar-refractivity contribution in [3.63, 3.8) is 0 Å². The van der Waals surface area contributed by atoms with Crippen LogP contribution in [-0.4, -0.2) is 27.7 Å². The summed E-state index contributed by atoms with van der Waals surface area (Å²) in [5.41, 5.74) is 0.626. The predicted octanol–water partition coefficient (Wildman–Crippen LogP) is 1.59. The molecule has 0 spiro atoms. The molecule has 1 heterocycles. The Balaban J connectivity index is 2.25. The summed E-state index contributed by atoms with van der Waals surface area (Å²) in [4.78, 5) is 22.1. The lowest BCUT2D eigenvalue weighted by molar-refractivity contribution is -0.384. The summed E-state index contributed by atoms with van der Waals surface area (Å²) in [5, 5.41) is 17.2. The Kier molecular flexibility index (Phi) is 3.65. The molecule has 0 fully saturated rings. The van der Waals surface area contributed by atoms with Crippen LogP contribution in [0.1, 0.15) is 10.4 Å². The summed E-state index contributed by atoms with van der Waals surface area (Å²) in [6, 6.07) is 3.96. The topological polar surface area (TPSA) is 99.3 Å². The van der Waals surface area contributed by atoms with E-state index in [4.69, 9.17) is 4.74 Å². The molecular formula is C12H12N4O4. The second kappa shape index (κ2) is 5.39. The molecule has 1 aromatic carbocycles. The summed E-state index contributed by atoms with van der Waals surface area (Å²) in [5.74, 6) is -0.151. The summed E-state index contributed by atoms with van der Waals surface area (Å²) in [6.45, 7) is 0. The zero-order valence-electron chi connectivity index (χ0n) is 10.9. The molecule has 1 aromatic heterocycles. The number of nitro benzene ring substituents is 1. The number of rotatable bonds is 4. The number of nitrogens with zero attached hydrogens (tertiary/aromatic N) is 3. The van der Waals surface area contributed by atoms with Crippen molar-refractivity contribution in [2.75, 3.05) is 12.4 Å². The van der Waals surface area contributed by atoms with Gasteiger partial charge in [-0.3, -0.25) is 19.6 Å². The molecule has 104 valence electrons. The number of non-ortho nitro benzene ring substituents is 1. The Morgan fingerprint density at radius 1 is 1.50 bits per heavy atom. The van der Waals surface area contributed by atoms with Crippen LogP contribution in [0.25, 0.3) is 0 Å². The maximum absolute atomic E-state index is 12.0. The maximum atomic E-state index is 12.0. The number of amides is 1. The highest BCUT2D eigenvalue weighted by Crippen LogP contribution is 2.29. The number of hydrogen-bond acceptors (Lipinski definition) is 5. The Morgan fingerprint density at radius 2 is 2.25 bits per heavy atom. The lowest BCUT2D eigenvalue weighted by Crippen LogP contribution is -2.12. The van der Waals surface area contributed by atoms with E-state index in [1.807, 2.05) is 0 Å². The third-order valence-corrected chi connectivity index (χ3v) is 2.61. The first kappa shape index (κ1) is 13.5. The standard InChI is InChI=1S/C12H12N4O4/c1-15-7-8(6-13-15)12(17)14-10-4-3-9(16(18)19)5-11(10)20-2/h3-7H,1-2H3,(H,14,17). The van der Waals surface area contributed by atoms with Crippen molar-refractivity contribution in [2.45, 2.75) is 0 Å². The molecular weight excluding hydrogens is 264 g/mol. The third-order valence-electron chi connectivity index (χ3n) is 2.61. The van der Waals surface area contributed by atoms with Gasteiger partial charge in [-0.2, -0.15) is 5.10 Å². The van der Waals surface area contributed by atoms with E-state index in [0.717, 1.165) is 0 Å². The van der Waals surface area contributed by atoms with Crippen molar-refractivity contribution in [2.24, 2.45) is 7.05 Å². The molecule has 0 aliphatic carbocycles. The van der Waals surface area contributed by atoms with Crippen molar-refractivity contribution in [1.82, 2.24) is 9.78 Å². The van der Waals surface area contributed by atoms with Crippen LogP contribution in [0, 0.1) is 10.1 Å². The Hall–Kier alpha value is -2.90. The summed E-state index contributed by atoms with van der Waals surface area (Å²) < 4.78 is 6.54. The van der Waals surface area contributed by atoms with E-state index >= 15 is 0 Å². The number of hydrogen-bond donors (Lipinski definition) is 1. The van der Waals surface area contributed by atoms with Crippen molar-refractivity contribution in [3.8, 4) is 5.75 Å². The summed E-state index contributed by atoms with van der Waals surface area (Å²) in [6.07, 6.45) is 2.99. The molecule has 8 heteroatoms. The van der Waals surface area contributed by atoms with Gasteiger partial charge in [0.15, 0.2) is 0 Å². The maximum Gasteiger partial charge on any atom is 0.273 e. The van der Waals surface area contributed by atoms with Gasteiger partial charge in [-0.25, -0.2) is 0 Å². The number of methoxy groups -OCH3 is 1. The monoisotopic (exact) mass is 276 g/mol. The lowest BCUT2D eigenvalue weighted by Gasteiger charge is -2.09. The van der Waals surface area contributed by atoms with Crippen molar-refractivity contribution >= 4 is 17.3 Å². The fourth-order valence-corrected chi connectivity index (χ4v) is 1.63. The average molecular weight is 276 g/mol. The summed E-state index contributed by atoms with van der Waals surface area (Å²) in [7, 11) is 3.07. The Labute approximate surface area is 114 Å². The number of carbonyl (C=O) groups excluding carboxylic acids is 1. The molecule has 0 saturated heterocycles. The normalized spacial score (nSPS) is 10.1. The van der Waals surface area contributed by atoms with E-state index in [2.05, 4.69) is 10.4 Å². The smallest absolute Gasteiger partial charge is 0.273 e.